The van der Waals surface area contributed by atoms with Crippen LogP contribution in [0.1, 0.15) is 16.3 Å². The highest BCUT2D eigenvalue weighted by Gasteiger charge is 2.12. The van der Waals surface area contributed by atoms with Crippen molar-refractivity contribution in [2.45, 2.75) is 6.92 Å². The summed E-state index contributed by atoms with van der Waals surface area (Å²) in [5.41, 5.74) is 1.57. The molecular weight excluding hydrogens is 182 g/mol. The van der Waals surface area contributed by atoms with Crippen molar-refractivity contribution in [3.05, 3.63) is 29.7 Å². The highest BCUT2D eigenvalue weighted by Crippen LogP contribution is 2.05. The van der Waals surface area contributed by atoms with Crippen molar-refractivity contribution in [1.29, 1.82) is 0 Å². The molecule has 0 saturated heterocycles. The number of carbonyl (C=O) groups is 1. The number of nitrogens with zero attached hydrogens (tertiary/aromatic N) is 3. The maximum Gasteiger partial charge on any atom is 0.377 e. The van der Waals surface area contributed by atoms with E-state index in [1.54, 1.807) is 10.6 Å². The molecule has 0 aliphatic carbocycles. The molecule has 0 unspecified atom stereocenters. The van der Waals surface area contributed by atoms with Crippen LogP contribution in [0.25, 0.3) is 5.65 Å². The minimum absolute atomic E-state index is 0.0850. The summed E-state index contributed by atoms with van der Waals surface area (Å²) in [6.45, 7) is 1.89. The maximum absolute atomic E-state index is 11.1. The number of hydrogen-bond donors (Lipinski definition) is 0. The lowest BCUT2D eigenvalue weighted by atomic mass is 10.4. The van der Waals surface area contributed by atoms with E-state index in [2.05, 4.69) is 14.8 Å². The molecule has 0 aromatic carbocycles. The van der Waals surface area contributed by atoms with Crippen molar-refractivity contribution >= 4 is 11.6 Å². The van der Waals surface area contributed by atoms with Crippen molar-refractivity contribution < 1.29 is 9.53 Å². The van der Waals surface area contributed by atoms with Crippen LogP contribution in [-0.2, 0) is 4.74 Å². The van der Waals surface area contributed by atoms with E-state index in [1.807, 2.05) is 19.1 Å². The molecule has 5 heteroatoms. The Balaban J connectivity index is 2.62. The zero-order valence-electron chi connectivity index (χ0n) is 7.89. The number of esters is 1. The first-order valence-corrected chi connectivity index (χ1v) is 4.13. The van der Waals surface area contributed by atoms with Crippen LogP contribution in [0.5, 0.6) is 0 Å². The summed E-state index contributed by atoms with van der Waals surface area (Å²) in [6, 6.07) is 5.54. The van der Waals surface area contributed by atoms with Crippen LogP contribution in [0.2, 0.25) is 0 Å². The van der Waals surface area contributed by atoms with Gasteiger partial charge >= 0.3 is 5.97 Å². The highest BCUT2D eigenvalue weighted by molar-refractivity contribution is 5.85. The van der Waals surface area contributed by atoms with Crippen molar-refractivity contribution in [3.8, 4) is 0 Å². The zero-order chi connectivity index (χ0) is 10.1. The van der Waals surface area contributed by atoms with E-state index < -0.39 is 5.97 Å². The molecule has 0 aliphatic rings. The average molecular weight is 191 g/mol. The number of methoxy groups -OCH3 is 1. The molecule has 0 aliphatic heterocycles. The first kappa shape index (κ1) is 8.68. The standard InChI is InChI=1S/C9H9N3O2/c1-6-4-3-5-7-10-8(9(13)14-2)11-12(6)7/h3-5H,1-2H3. The van der Waals surface area contributed by atoms with Gasteiger partial charge in [-0.25, -0.2) is 14.3 Å². The quantitative estimate of drug-likeness (QED) is 0.626. The molecule has 2 heterocycles. The van der Waals surface area contributed by atoms with E-state index in [4.69, 9.17) is 0 Å². The summed E-state index contributed by atoms with van der Waals surface area (Å²) in [5, 5.41) is 4.01. The Morgan fingerprint density at radius 2 is 2.29 bits per heavy atom. The minimum atomic E-state index is -0.520. The number of rotatable bonds is 1. The summed E-state index contributed by atoms with van der Waals surface area (Å²) < 4.78 is 6.13. The van der Waals surface area contributed by atoms with E-state index >= 15 is 0 Å². The van der Waals surface area contributed by atoms with Crippen molar-refractivity contribution in [2.24, 2.45) is 0 Å². The predicted octanol–water partition coefficient (Wildman–Crippen LogP) is 0.824. The van der Waals surface area contributed by atoms with Crippen LogP contribution in [-0.4, -0.2) is 27.7 Å². The third-order valence-corrected chi connectivity index (χ3v) is 1.92. The van der Waals surface area contributed by atoms with E-state index in [9.17, 15) is 4.79 Å². The topological polar surface area (TPSA) is 56.5 Å². The molecule has 72 valence electrons. The van der Waals surface area contributed by atoms with E-state index in [1.165, 1.54) is 7.11 Å². The Bertz CT molecular complexity index is 490. The van der Waals surface area contributed by atoms with Gasteiger partial charge in [0.2, 0.25) is 0 Å². The fourth-order valence-corrected chi connectivity index (χ4v) is 1.21. The van der Waals surface area contributed by atoms with Crippen LogP contribution in [0.15, 0.2) is 18.2 Å². The first-order valence-electron chi connectivity index (χ1n) is 4.13. The van der Waals surface area contributed by atoms with E-state index in [-0.39, 0.29) is 5.82 Å². The van der Waals surface area contributed by atoms with Crippen molar-refractivity contribution in [2.75, 3.05) is 7.11 Å². The Morgan fingerprint density at radius 3 is 2.93 bits per heavy atom. The molecule has 2 rings (SSSR count). The van der Waals surface area contributed by atoms with Crippen LogP contribution in [0.3, 0.4) is 0 Å². The largest absolute Gasteiger partial charge is 0.463 e. The molecule has 0 radical (unpaired) electrons. The Morgan fingerprint density at radius 1 is 1.50 bits per heavy atom. The van der Waals surface area contributed by atoms with Gasteiger partial charge < -0.3 is 4.74 Å². The van der Waals surface area contributed by atoms with Gasteiger partial charge in [0.15, 0.2) is 5.65 Å². The number of ether oxygens (including phenoxy) is 1. The van der Waals surface area contributed by atoms with Crippen LogP contribution in [0, 0.1) is 6.92 Å². The molecule has 5 nitrogen and oxygen atoms in total. The molecular formula is C9H9N3O2. The second kappa shape index (κ2) is 3.10. The molecule has 0 saturated carbocycles. The Hall–Kier alpha value is -1.91. The summed E-state index contributed by atoms with van der Waals surface area (Å²) in [5.74, 6) is -0.435. The molecule has 2 aromatic heterocycles. The van der Waals surface area contributed by atoms with Gasteiger partial charge in [0.1, 0.15) is 0 Å². The lowest BCUT2D eigenvalue weighted by molar-refractivity contribution is 0.0587. The minimum Gasteiger partial charge on any atom is -0.463 e. The summed E-state index contributed by atoms with van der Waals surface area (Å²) in [4.78, 5) is 15.2. The zero-order valence-corrected chi connectivity index (χ0v) is 7.89. The number of aromatic nitrogens is 3. The smallest absolute Gasteiger partial charge is 0.377 e. The average Bonchev–Trinajstić information content (AvgIpc) is 2.62. The first-order chi connectivity index (χ1) is 6.72. The van der Waals surface area contributed by atoms with Crippen LogP contribution in [0.4, 0.5) is 0 Å². The fraction of sp³-hybridized carbons (Fsp3) is 0.222. The number of fused-ring (bicyclic) bond motifs is 1. The summed E-state index contributed by atoms with van der Waals surface area (Å²) in [7, 11) is 1.31. The Labute approximate surface area is 80.3 Å². The number of pyridine rings is 1. The summed E-state index contributed by atoms with van der Waals surface area (Å²) >= 11 is 0. The van der Waals surface area contributed by atoms with Gasteiger partial charge in [-0.15, -0.1) is 5.10 Å². The van der Waals surface area contributed by atoms with Crippen molar-refractivity contribution in [1.82, 2.24) is 14.6 Å². The van der Waals surface area contributed by atoms with Crippen LogP contribution < -0.4 is 0 Å². The van der Waals surface area contributed by atoms with E-state index in [0.717, 1.165) is 5.69 Å². The van der Waals surface area contributed by atoms with Gasteiger partial charge in [-0.1, -0.05) is 6.07 Å². The molecule has 14 heavy (non-hydrogen) atoms. The van der Waals surface area contributed by atoms with Gasteiger partial charge in [0, 0.05) is 5.69 Å². The third-order valence-electron chi connectivity index (χ3n) is 1.92. The molecule has 0 N–H and O–H groups in total. The normalized spacial score (nSPS) is 10.4. The van der Waals surface area contributed by atoms with Gasteiger partial charge in [-0.2, -0.15) is 0 Å². The lowest BCUT2D eigenvalue weighted by Crippen LogP contribution is -2.04. The second-order valence-corrected chi connectivity index (χ2v) is 2.86. The fourth-order valence-electron chi connectivity index (χ4n) is 1.21. The van der Waals surface area contributed by atoms with Gasteiger partial charge in [-0.3, -0.25) is 0 Å². The second-order valence-electron chi connectivity index (χ2n) is 2.86. The van der Waals surface area contributed by atoms with Gasteiger partial charge in [-0.05, 0) is 19.1 Å². The maximum atomic E-state index is 11.1. The molecule has 2 aromatic rings. The number of carbonyl (C=O) groups excluding carboxylic acids is 1. The molecule has 0 bridgehead atoms. The predicted molar refractivity (Wildman–Crippen MR) is 49.1 cm³/mol. The monoisotopic (exact) mass is 191 g/mol. The highest BCUT2D eigenvalue weighted by atomic mass is 16.5. The molecule has 0 amide bonds. The van der Waals surface area contributed by atoms with E-state index in [0.29, 0.717) is 5.65 Å². The van der Waals surface area contributed by atoms with Crippen LogP contribution >= 0.6 is 0 Å². The molecule has 0 fully saturated rings. The number of aryl methyl sites for hydroxylation is 1. The third kappa shape index (κ3) is 1.22. The molecule has 0 spiro atoms. The SMILES string of the molecule is COC(=O)c1nc2cccc(C)n2n1. The lowest BCUT2D eigenvalue weighted by Gasteiger charge is -1.93. The van der Waals surface area contributed by atoms with Gasteiger partial charge in [0.25, 0.3) is 5.82 Å². The van der Waals surface area contributed by atoms with Gasteiger partial charge in [0.05, 0.1) is 7.11 Å². The number of hydrogen-bond acceptors (Lipinski definition) is 4. The molecule has 0 atom stereocenters. The van der Waals surface area contributed by atoms with Crippen molar-refractivity contribution in [3.63, 3.8) is 0 Å². The Kier molecular flexibility index (Phi) is 1.92. The summed E-state index contributed by atoms with van der Waals surface area (Å²) in [6.07, 6.45) is 0.